The first kappa shape index (κ1) is 12.3. The predicted octanol–water partition coefficient (Wildman–Crippen LogP) is 3.17. The van der Waals surface area contributed by atoms with E-state index >= 15 is 0 Å². The number of carbonyl (C=O) groups is 2. The fourth-order valence-electron chi connectivity index (χ4n) is 1.39. The van der Waals surface area contributed by atoms with E-state index in [2.05, 4.69) is 6.92 Å². The summed E-state index contributed by atoms with van der Waals surface area (Å²) in [5, 5.41) is -0.167. The van der Waals surface area contributed by atoms with Crippen LogP contribution in [0, 0.1) is 0 Å². The number of rotatable bonds is 5. The molecule has 0 aromatic heterocycles. The molecule has 1 heterocycles. The third-order valence-electron chi connectivity index (χ3n) is 2.37. The van der Waals surface area contributed by atoms with Crippen LogP contribution in [0.25, 0.3) is 0 Å². The molecule has 1 saturated heterocycles. The molecule has 4 heteroatoms. The van der Waals surface area contributed by atoms with Gasteiger partial charge in [-0.2, -0.15) is 0 Å². The van der Waals surface area contributed by atoms with Crippen LogP contribution in [-0.4, -0.2) is 23.1 Å². The second-order valence-corrected chi connectivity index (χ2v) is 4.64. The lowest BCUT2D eigenvalue weighted by molar-refractivity contribution is -0.121. The number of imide groups is 1. The number of unbranched alkanes of at least 4 members (excludes halogenated alkanes) is 4. The van der Waals surface area contributed by atoms with Gasteiger partial charge in [0, 0.05) is 7.05 Å². The van der Waals surface area contributed by atoms with E-state index in [0.717, 1.165) is 24.6 Å². The van der Waals surface area contributed by atoms with E-state index in [0.29, 0.717) is 4.91 Å². The van der Waals surface area contributed by atoms with Gasteiger partial charge in [0.25, 0.3) is 11.1 Å². The van der Waals surface area contributed by atoms with Crippen molar-refractivity contribution < 1.29 is 9.59 Å². The van der Waals surface area contributed by atoms with E-state index < -0.39 is 0 Å². The minimum absolute atomic E-state index is 0.152. The first-order valence-electron chi connectivity index (χ1n) is 5.36. The van der Waals surface area contributed by atoms with E-state index in [1.54, 1.807) is 0 Å². The molecular weight excluding hydrogens is 210 g/mol. The van der Waals surface area contributed by atoms with Gasteiger partial charge in [0.1, 0.15) is 0 Å². The number of carbonyl (C=O) groups excluding carboxylic acids is 2. The number of allylic oxidation sites excluding steroid dienone is 1. The van der Waals surface area contributed by atoms with Crippen molar-refractivity contribution in [1.82, 2.24) is 4.90 Å². The number of hydrogen-bond acceptors (Lipinski definition) is 3. The van der Waals surface area contributed by atoms with Crippen LogP contribution in [-0.2, 0) is 4.79 Å². The molecule has 1 aliphatic heterocycles. The van der Waals surface area contributed by atoms with Gasteiger partial charge in [-0.15, -0.1) is 0 Å². The highest BCUT2D eigenvalue weighted by atomic mass is 32.2. The van der Waals surface area contributed by atoms with Crippen LogP contribution >= 0.6 is 11.8 Å². The molecule has 0 atom stereocenters. The van der Waals surface area contributed by atoms with Gasteiger partial charge in [0.05, 0.1) is 4.91 Å². The molecule has 0 bridgehead atoms. The summed E-state index contributed by atoms with van der Waals surface area (Å²) in [7, 11) is 1.52. The first-order chi connectivity index (χ1) is 7.16. The molecule has 1 rings (SSSR count). The molecule has 0 aliphatic carbocycles. The molecule has 15 heavy (non-hydrogen) atoms. The summed E-state index contributed by atoms with van der Waals surface area (Å²) in [6.07, 6.45) is 7.54. The van der Waals surface area contributed by atoms with Gasteiger partial charge in [0.2, 0.25) is 0 Å². The van der Waals surface area contributed by atoms with Crippen molar-refractivity contribution in [3.8, 4) is 0 Å². The Labute approximate surface area is 94.9 Å². The Morgan fingerprint density at radius 2 is 2.00 bits per heavy atom. The van der Waals surface area contributed by atoms with Crippen molar-refractivity contribution in [2.45, 2.75) is 39.0 Å². The van der Waals surface area contributed by atoms with Gasteiger partial charge in [-0.1, -0.05) is 32.3 Å². The lowest BCUT2D eigenvalue weighted by Gasteiger charge is -2.00. The second kappa shape index (κ2) is 5.95. The van der Waals surface area contributed by atoms with Gasteiger partial charge in [0.15, 0.2) is 0 Å². The minimum atomic E-state index is -0.167. The maximum atomic E-state index is 11.5. The summed E-state index contributed by atoms with van der Waals surface area (Å²) in [6, 6.07) is 0. The fourth-order valence-corrected chi connectivity index (χ4v) is 2.22. The number of hydrogen-bond donors (Lipinski definition) is 0. The normalized spacial score (nSPS) is 19.3. The Morgan fingerprint density at radius 3 is 2.53 bits per heavy atom. The number of nitrogens with zero attached hydrogens (tertiary/aromatic N) is 1. The molecule has 1 aliphatic rings. The summed E-state index contributed by atoms with van der Waals surface area (Å²) in [4.78, 5) is 24.4. The highest BCUT2D eigenvalue weighted by molar-refractivity contribution is 8.18. The summed E-state index contributed by atoms with van der Waals surface area (Å²) >= 11 is 1.04. The third-order valence-corrected chi connectivity index (χ3v) is 3.38. The zero-order chi connectivity index (χ0) is 11.3. The molecule has 1 fully saturated rings. The minimum Gasteiger partial charge on any atom is -0.272 e. The van der Waals surface area contributed by atoms with Crippen molar-refractivity contribution in [1.29, 1.82) is 0 Å². The second-order valence-electron chi connectivity index (χ2n) is 3.65. The summed E-state index contributed by atoms with van der Waals surface area (Å²) in [6.45, 7) is 2.17. The maximum absolute atomic E-state index is 11.5. The van der Waals surface area contributed by atoms with Gasteiger partial charge >= 0.3 is 0 Å². The SMILES string of the molecule is CCCCCCC=C1SC(=O)N(C)C1=O. The Hall–Kier alpha value is -0.770. The smallest absolute Gasteiger partial charge is 0.272 e. The van der Waals surface area contributed by atoms with E-state index in [-0.39, 0.29) is 11.1 Å². The average Bonchev–Trinajstić information content (AvgIpc) is 2.46. The number of amides is 2. The standard InChI is InChI=1S/C11H17NO2S/c1-3-4-5-6-7-8-9-10(13)12(2)11(14)15-9/h8H,3-7H2,1-2H3. The number of thioether (sulfide) groups is 1. The Balaban J connectivity index is 2.34. The zero-order valence-corrected chi connectivity index (χ0v) is 10.1. The van der Waals surface area contributed by atoms with E-state index in [1.807, 2.05) is 6.08 Å². The van der Waals surface area contributed by atoms with Crippen LogP contribution in [0.2, 0.25) is 0 Å². The predicted molar refractivity (Wildman–Crippen MR) is 62.6 cm³/mol. The summed E-state index contributed by atoms with van der Waals surface area (Å²) in [5.74, 6) is -0.152. The van der Waals surface area contributed by atoms with Crippen molar-refractivity contribution >= 4 is 22.9 Å². The van der Waals surface area contributed by atoms with E-state index in [9.17, 15) is 9.59 Å². The first-order valence-corrected chi connectivity index (χ1v) is 6.18. The Kier molecular flexibility index (Phi) is 4.88. The van der Waals surface area contributed by atoms with Crippen LogP contribution in [0.4, 0.5) is 4.79 Å². The fraction of sp³-hybridized carbons (Fsp3) is 0.636. The van der Waals surface area contributed by atoms with Gasteiger partial charge in [-0.05, 0) is 24.6 Å². The monoisotopic (exact) mass is 227 g/mol. The molecule has 0 radical (unpaired) electrons. The molecule has 0 aromatic rings. The lowest BCUT2D eigenvalue weighted by Crippen LogP contribution is -2.22. The largest absolute Gasteiger partial charge is 0.293 e. The molecule has 2 amide bonds. The van der Waals surface area contributed by atoms with Crippen LogP contribution in [0.5, 0.6) is 0 Å². The summed E-state index contributed by atoms with van der Waals surface area (Å²) in [5.41, 5.74) is 0. The molecule has 0 saturated carbocycles. The molecule has 0 aromatic carbocycles. The van der Waals surface area contributed by atoms with E-state index in [4.69, 9.17) is 0 Å². The Morgan fingerprint density at radius 1 is 1.27 bits per heavy atom. The molecular formula is C11H17NO2S. The van der Waals surface area contributed by atoms with Crippen LogP contribution < -0.4 is 0 Å². The summed E-state index contributed by atoms with van der Waals surface area (Å²) < 4.78 is 0. The zero-order valence-electron chi connectivity index (χ0n) is 9.28. The lowest BCUT2D eigenvalue weighted by atomic mass is 10.1. The molecule has 0 N–H and O–H groups in total. The Bertz CT molecular complexity index is 286. The van der Waals surface area contributed by atoms with Gasteiger partial charge in [-0.25, -0.2) is 0 Å². The molecule has 0 unspecified atom stereocenters. The topological polar surface area (TPSA) is 37.4 Å². The van der Waals surface area contributed by atoms with Crippen molar-refractivity contribution in [3.05, 3.63) is 11.0 Å². The maximum Gasteiger partial charge on any atom is 0.293 e. The van der Waals surface area contributed by atoms with E-state index in [1.165, 1.54) is 31.2 Å². The molecule has 3 nitrogen and oxygen atoms in total. The highest BCUT2D eigenvalue weighted by Crippen LogP contribution is 2.29. The van der Waals surface area contributed by atoms with Crippen molar-refractivity contribution in [2.75, 3.05) is 7.05 Å². The third kappa shape index (κ3) is 3.38. The van der Waals surface area contributed by atoms with Crippen LogP contribution in [0.1, 0.15) is 39.0 Å². The molecule has 84 valence electrons. The average molecular weight is 227 g/mol. The van der Waals surface area contributed by atoms with Gasteiger partial charge in [-0.3, -0.25) is 14.5 Å². The van der Waals surface area contributed by atoms with Crippen LogP contribution in [0.15, 0.2) is 11.0 Å². The van der Waals surface area contributed by atoms with Crippen molar-refractivity contribution in [2.24, 2.45) is 0 Å². The number of likely N-dealkylation sites (N-methyl/N-ethyl adjacent to an activating group) is 1. The highest BCUT2D eigenvalue weighted by Gasteiger charge is 2.31. The van der Waals surface area contributed by atoms with Crippen LogP contribution in [0.3, 0.4) is 0 Å². The van der Waals surface area contributed by atoms with Crippen molar-refractivity contribution in [3.63, 3.8) is 0 Å². The quantitative estimate of drug-likeness (QED) is 0.535. The van der Waals surface area contributed by atoms with Gasteiger partial charge < -0.3 is 0 Å². The molecule has 0 spiro atoms.